The van der Waals surface area contributed by atoms with Gasteiger partial charge in [-0.2, -0.15) is 0 Å². The van der Waals surface area contributed by atoms with E-state index in [1.165, 1.54) is 11.3 Å². The first-order valence-corrected chi connectivity index (χ1v) is 12.3. The Balaban J connectivity index is 1.96. The lowest BCUT2D eigenvalue weighted by Crippen LogP contribution is -2.40. The molecule has 0 radical (unpaired) electrons. The first-order chi connectivity index (χ1) is 15.9. The van der Waals surface area contributed by atoms with Crippen molar-refractivity contribution in [2.24, 2.45) is 5.92 Å². The first kappa shape index (κ1) is 23.2. The molecule has 1 amide bonds. The van der Waals surface area contributed by atoms with Crippen molar-refractivity contribution < 1.29 is 4.79 Å². The van der Waals surface area contributed by atoms with Gasteiger partial charge in [-0.15, -0.1) is 11.3 Å². The van der Waals surface area contributed by atoms with Crippen molar-refractivity contribution in [1.82, 2.24) is 14.5 Å². The predicted molar refractivity (Wildman–Crippen MR) is 136 cm³/mol. The second-order valence-electron chi connectivity index (χ2n) is 8.36. The summed E-state index contributed by atoms with van der Waals surface area (Å²) >= 11 is 7.54. The number of hydrogen-bond donors (Lipinski definition) is 0. The van der Waals surface area contributed by atoms with Crippen molar-refractivity contribution in [2.75, 3.05) is 6.54 Å². The van der Waals surface area contributed by atoms with E-state index < -0.39 is 0 Å². The van der Waals surface area contributed by atoms with E-state index in [1.54, 1.807) is 22.8 Å². The smallest absolute Gasteiger partial charge is 0.266 e. The van der Waals surface area contributed by atoms with Crippen molar-refractivity contribution in [3.63, 3.8) is 0 Å². The van der Waals surface area contributed by atoms with Gasteiger partial charge >= 0.3 is 0 Å². The van der Waals surface area contributed by atoms with E-state index in [9.17, 15) is 9.59 Å². The van der Waals surface area contributed by atoms with Gasteiger partial charge in [0, 0.05) is 11.6 Å². The summed E-state index contributed by atoms with van der Waals surface area (Å²) in [4.78, 5) is 34.7. The maximum Gasteiger partial charge on any atom is 0.266 e. The molecule has 5 nitrogen and oxygen atoms in total. The lowest BCUT2D eigenvalue weighted by atomic mass is 10.1. The van der Waals surface area contributed by atoms with E-state index in [2.05, 4.69) is 13.8 Å². The van der Waals surface area contributed by atoms with Gasteiger partial charge in [0.15, 0.2) is 0 Å². The van der Waals surface area contributed by atoms with Crippen molar-refractivity contribution in [3.8, 4) is 5.69 Å². The number of hydrogen-bond acceptors (Lipinski definition) is 4. The van der Waals surface area contributed by atoms with Crippen molar-refractivity contribution in [1.29, 1.82) is 0 Å². The van der Waals surface area contributed by atoms with Gasteiger partial charge in [0.25, 0.3) is 11.5 Å². The van der Waals surface area contributed by atoms with Crippen LogP contribution >= 0.6 is 22.9 Å². The van der Waals surface area contributed by atoms with E-state index in [0.29, 0.717) is 45.3 Å². The Morgan fingerprint density at radius 1 is 1.09 bits per heavy atom. The fourth-order valence-corrected chi connectivity index (χ4v) is 4.85. The molecule has 170 valence electrons. The quantitative estimate of drug-likeness (QED) is 0.310. The maximum absolute atomic E-state index is 13.7. The second-order valence-corrected chi connectivity index (χ2v) is 9.74. The highest BCUT2D eigenvalue weighted by Gasteiger charge is 2.30. The van der Waals surface area contributed by atoms with Crippen molar-refractivity contribution >= 4 is 39.7 Å². The molecule has 4 aromatic rings. The Labute approximate surface area is 202 Å². The van der Waals surface area contributed by atoms with Crippen LogP contribution in [0.3, 0.4) is 0 Å². The number of fused-ring (bicyclic) bond motifs is 1. The second kappa shape index (κ2) is 9.89. The van der Waals surface area contributed by atoms with Crippen molar-refractivity contribution in [3.05, 3.63) is 92.1 Å². The Bertz CT molecular complexity index is 1310. The first-order valence-electron chi connectivity index (χ1n) is 11.0. The van der Waals surface area contributed by atoms with Gasteiger partial charge in [-0.3, -0.25) is 14.2 Å². The number of thiophene rings is 1. The van der Waals surface area contributed by atoms with Crippen LogP contribution in [0.5, 0.6) is 0 Å². The van der Waals surface area contributed by atoms with Gasteiger partial charge in [0.1, 0.15) is 5.82 Å². The lowest BCUT2D eigenvalue weighted by Gasteiger charge is -2.33. The maximum atomic E-state index is 13.7. The van der Waals surface area contributed by atoms with Gasteiger partial charge < -0.3 is 4.90 Å². The summed E-state index contributed by atoms with van der Waals surface area (Å²) in [6.45, 7) is 6.74. The topological polar surface area (TPSA) is 55.2 Å². The molecule has 7 heteroatoms. The highest BCUT2D eigenvalue weighted by molar-refractivity contribution is 7.12. The van der Waals surface area contributed by atoms with Crippen LogP contribution in [0.1, 0.15) is 48.7 Å². The minimum absolute atomic E-state index is 0.0457. The molecular weight excluding hydrogens is 454 g/mol. The predicted octanol–water partition coefficient (Wildman–Crippen LogP) is 6.35. The van der Waals surface area contributed by atoms with Crippen LogP contribution in [0.15, 0.2) is 70.8 Å². The average Bonchev–Trinajstić information content (AvgIpc) is 3.34. The van der Waals surface area contributed by atoms with E-state index in [-0.39, 0.29) is 23.4 Å². The molecule has 0 fully saturated rings. The fraction of sp³-hybridized carbons (Fsp3) is 0.269. The van der Waals surface area contributed by atoms with E-state index in [0.717, 1.165) is 0 Å². The molecule has 2 aromatic heterocycles. The number of nitrogens with zero attached hydrogens (tertiary/aromatic N) is 3. The van der Waals surface area contributed by atoms with Crippen LogP contribution in [0, 0.1) is 5.92 Å². The zero-order valence-corrected chi connectivity index (χ0v) is 20.4. The number of benzene rings is 2. The van der Waals surface area contributed by atoms with Gasteiger partial charge in [0.2, 0.25) is 0 Å². The zero-order valence-electron chi connectivity index (χ0n) is 18.9. The van der Waals surface area contributed by atoms with E-state index in [4.69, 9.17) is 16.6 Å². The van der Waals surface area contributed by atoms with E-state index in [1.807, 2.05) is 59.7 Å². The summed E-state index contributed by atoms with van der Waals surface area (Å²) in [5, 5.41) is 3.02. The van der Waals surface area contributed by atoms with Gasteiger partial charge in [-0.25, -0.2) is 4.98 Å². The van der Waals surface area contributed by atoms with Crippen LogP contribution in [0.25, 0.3) is 16.6 Å². The summed E-state index contributed by atoms with van der Waals surface area (Å²) in [7, 11) is 0. The normalized spacial score (nSPS) is 12.3. The monoisotopic (exact) mass is 479 g/mol. The van der Waals surface area contributed by atoms with Gasteiger partial charge in [0.05, 0.1) is 27.5 Å². The summed E-state index contributed by atoms with van der Waals surface area (Å²) in [6.07, 6.45) is 0.613. The van der Waals surface area contributed by atoms with Crippen molar-refractivity contribution in [2.45, 2.75) is 33.2 Å². The minimum atomic E-state index is -0.380. The largest absolute Gasteiger partial charge is 0.327 e. The van der Waals surface area contributed by atoms with Crippen LogP contribution < -0.4 is 5.56 Å². The Kier molecular flexibility index (Phi) is 6.96. The zero-order chi connectivity index (χ0) is 23.5. The van der Waals surface area contributed by atoms with Crippen LogP contribution in [-0.4, -0.2) is 26.9 Å². The molecule has 1 unspecified atom stereocenters. The molecule has 0 aliphatic carbocycles. The Morgan fingerprint density at radius 3 is 2.45 bits per heavy atom. The number of aromatic nitrogens is 2. The Hall–Kier alpha value is -2.96. The van der Waals surface area contributed by atoms with Gasteiger partial charge in [-0.1, -0.05) is 50.6 Å². The third kappa shape index (κ3) is 4.72. The summed E-state index contributed by atoms with van der Waals surface area (Å²) < 4.78 is 1.63. The standard InChI is InChI=1S/C26H26ClN3O2S/c1-4-22(29(16-17(2)3)26(32)23-10-7-15-33-23)24-28-21-9-6-5-8-20(21)25(31)30(24)19-13-11-18(27)12-14-19/h5-15,17,22H,4,16H2,1-3H3. The molecule has 0 N–H and O–H groups in total. The van der Waals surface area contributed by atoms with Crippen LogP contribution in [-0.2, 0) is 0 Å². The number of para-hydroxylation sites is 1. The molecular formula is C26H26ClN3O2S. The summed E-state index contributed by atoms with van der Waals surface area (Å²) in [6, 6.07) is 17.8. The molecule has 0 saturated heterocycles. The third-order valence-electron chi connectivity index (χ3n) is 5.50. The number of carbonyl (C=O) groups is 1. The lowest BCUT2D eigenvalue weighted by molar-refractivity contribution is 0.0636. The number of amides is 1. The molecule has 2 aromatic carbocycles. The van der Waals surface area contributed by atoms with Crippen LogP contribution in [0.2, 0.25) is 5.02 Å². The van der Waals surface area contributed by atoms with E-state index >= 15 is 0 Å². The SMILES string of the molecule is CCC(c1nc2ccccc2c(=O)n1-c1ccc(Cl)cc1)N(CC(C)C)C(=O)c1cccs1. The average molecular weight is 480 g/mol. The van der Waals surface area contributed by atoms with Gasteiger partial charge in [-0.05, 0) is 60.2 Å². The summed E-state index contributed by atoms with van der Waals surface area (Å²) in [5.74, 6) is 0.754. The Morgan fingerprint density at radius 2 is 1.82 bits per heavy atom. The molecule has 33 heavy (non-hydrogen) atoms. The highest BCUT2D eigenvalue weighted by atomic mass is 35.5. The number of halogens is 1. The molecule has 0 aliphatic heterocycles. The van der Waals surface area contributed by atoms with Crippen LogP contribution in [0.4, 0.5) is 0 Å². The number of carbonyl (C=O) groups excluding carboxylic acids is 1. The molecule has 0 saturated carbocycles. The number of rotatable bonds is 7. The third-order valence-corrected chi connectivity index (χ3v) is 6.61. The molecule has 2 heterocycles. The highest BCUT2D eigenvalue weighted by Crippen LogP contribution is 2.29. The molecule has 0 bridgehead atoms. The molecule has 0 aliphatic rings. The molecule has 1 atom stereocenters. The fourth-order valence-electron chi connectivity index (χ4n) is 4.04. The summed E-state index contributed by atoms with van der Waals surface area (Å²) in [5.41, 5.74) is 1.13. The minimum Gasteiger partial charge on any atom is -0.327 e. The molecule has 0 spiro atoms. The molecule has 4 rings (SSSR count).